The van der Waals surface area contributed by atoms with Crippen LogP contribution < -0.4 is 5.32 Å². The summed E-state index contributed by atoms with van der Waals surface area (Å²) in [7, 11) is 0. The van der Waals surface area contributed by atoms with Crippen molar-refractivity contribution in [3.05, 3.63) is 70.3 Å². The molecule has 0 saturated heterocycles. The van der Waals surface area contributed by atoms with Crippen LogP contribution in [0.1, 0.15) is 36.9 Å². The minimum atomic E-state index is -0.435. The Balaban J connectivity index is 1.75. The molecule has 3 rings (SSSR count). The summed E-state index contributed by atoms with van der Waals surface area (Å²) in [5.41, 5.74) is 2.43. The molecule has 1 N–H and O–H groups in total. The van der Waals surface area contributed by atoms with Crippen molar-refractivity contribution in [2.45, 2.75) is 33.2 Å². The molecule has 146 valence electrons. The fourth-order valence-corrected chi connectivity index (χ4v) is 2.92. The second-order valence-electron chi connectivity index (χ2n) is 7.01. The highest BCUT2D eigenvalue weighted by Gasteiger charge is 2.25. The molecular formula is C21H21ClFN3O2. The average Bonchev–Trinajstić information content (AvgIpc) is 3.13. The molecule has 3 aromatic rings. The first-order valence-corrected chi connectivity index (χ1v) is 9.35. The third-order valence-corrected chi connectivity index (χ3v) is 4.81. The van der Waals surface area contributed by atoms with Crippen LogP contribution in [0.15, 0.2) is 47.0 Å². The summed E-state index contributed by atoms with van der Waals surface area (Å²) in [4.78, 5) is 16.9. The smallest absolute Gasteiger partial charge is 0.249 e. The van der Waals surface area contributed by atoms with E-state index in [2.05, 4.69) is 15.5 Å². The van der Waals surface area contributed by atoms with E-state index in [4.69, 9.17) is 16.1 Å². The molecule has 0 bridgehead atoms. The second kappa shape index (κ2) is 8.52. The van der Waals surface area contributed by atoms with Crippen molar-refractivity contribution in [2.75, 3.05) is 0 Å². The molecule has 0 spiro atoms. The van der Waals surface area contributed by atoms with Gasteiger partial charge in [-0.1, -0.05) is 54.9 Å². The fraction of sp³-hybridized carbons (Fsp3) is 0.286. The van der Waals surface area contributed by atoms with Gasteiger partial charge in [0.1, 0.15) is 11.9 Å². The lowest BCUT2D eigenvalue weighted by Gasteiger charge is -2.18. The molecular weight excluding hydrogens is 381 g/mol. The lowest BCUT2D eigenvalue weighted by molar-refractivity contribution is -0.121. The summed E-state index contributed by atoms with van der Waals surface area (Å²) in [5.74, 6) is 0.235. The number of aromatic nitrogens is 2. The number of aryl methyl sites for hydroxylation is 1. The monoisotopic (exact) mass is 401 g/mol. The Labute approximate surface area is 167 Å². The quantitative estimate of drug-likeness (QED) is 0.638. The summed E-state index contributed by atoms with van der Waals surface area (Å²) >= 11 is 6.17. The average molecular weight is 402 g/mol. The van der Waals surface area contributed by atoms with Gasteiger partial charge >= 0.3 is 0 Å². The van der Waals surface area contributed by atoms with Crippen molar-refractivity contribution < 1.29 is 13.7 Å². The number of benzene rings is 2. The summed E-state index contributed by atoms with van der Waals surface area (Å²) in [6.45, 7) is 5.82. The standard InChI is InChI=1S/C21H21ClFN3O2/c1-12(2)19(24-18(27)10-14-5-8-16(23)9-6-14)21-25-20(26-28-21)15-7-4-13(3)17(22)11-15/h4-9,11-12,19H,10H2,1-3H3,(H,24,27)/t19-/m0/s1. The molecule has 0 aliphatic heterocycles. The van der Waals surface area contributed by atoms with Gasteiger partial charge in [0.05, 0.1) is 6.42 Å². The van der Waals surface area contributed by atoms with Gasteiger partial charge in [0.15, 0.2) is 0 Å². The Bertz CT molecular complexity index is 970. The fourth-order valence-electron chi connectivity index (χ4n) is 2.74. The highest BCUT2D eigenvalue weighted by Crippen LogP contribution is 2.26. The highest BCUT2D eigenvalue weighted by molar-refractivity contribution is 6.31. The normalized spacial score (nSPS) is 12.2. The molecule has 0 radical (unpaired) electrons. The summed E-state index contributed by atoms with van der Waals surface area (Å²) < 4.78 is 18.4. The zero-order valence-corrected chi connectivity index (χ0v) is 16.6. The van der Waals surface area contributed by atoms with Crippen LogP contribution in [0.3, 0.4) is 0 Å². The molecule has 0 unspecified atom stereocenters. The lowest BCUT2D eigenvalue weighted by atomic mass is 10.0. The molecule has 1 aromatic heterocycles. The van der Waals surface area contributed by atoms with E-state index in [1.807, 2.05) is 32.9 Å². The van der Waals surface area contributed by atoms with E-state index in [0.717, 1.165) is 16.7 Å². The Morgan fingerprint density at radius 3 is 2.57 bits per heavy atom. The minimum Gasteiger partial charge on any atom is -0.344 e. The lowest BCUT2D eigenvalue weighted by Crippen LogP contribution is -2.33. The maximum Gasteiger partial charge on any atom is 0.249 e. The number of carbonyl (C=O) groups is 1. The van der Waals surface area contributed by atoms with Crippen LogP contribution in [-0.4, -0.2) is 16.0 Å². The molecule has 0 aliphatic rings. The first kappa shape index (κ1) is 20.0. The van der Waals surface area contributed by atoms with Gasteiger partial charge in [-0.3, -0.25) is 4.79 Å². The van der Waals surface area contributed by atoms with E-state index in [-0.39, 0.29) is 24.1 Å². The number of nitrogens with one attached hydrogen (secondary N) is 1. The predicted molar refractivity (Wildman–Crippen MR) is 105 cm³/mol. The van der Waals surface area contributed by atoms with Gasteiger partial charge in [-0.25, -0.2) is 4.39 Å². The topological polar surface area (TPSA) is 68.0 Å². The largest absolute Gasteiger partial charge is 0.344 e. The van der Waals surface area contributed by atoms with Crippen LogP contribution in [0, 0.1) is 18.7 Å². The SMILES string of the molecule is Cc1ccc(-c2noc([C@@H](NC(=O)Cc3ccc(F)cc3)C(C)C)n2)cc1Cl. The number of halogens is 2. The number of hydrogen-bond donors (Lipinski definition) is 1. The van der Waals surface area contributed by atoms with E-state index in [1.54, 1.807) is 18.2 Å². The van der Waals surface area contributed by atoms with Crippen LogP contribution in [-0.2, 0) is 11.2 Å². The van der Waals surface area contributed by atoms with Gasteiger partial charge in [-0.2, -0.15) is 4.98 Å². The van der Waals surface area contributed by atoms with Gasteiger partial charge in [0.25, 0.3) is 0 Å². The Hall–Kier alpha value is -2.73. The van der Waals surface area contributed by atoms with E-state index >= 15 is 0 Å². The van der Waals surface area contributed by atoms with E-state index in [1.165, 1.54) is 12.1 Å². The maximum absolute atomic E-state index is 13.0. The molecule has 0 saturated carbocycles. The Kier molecular flexibility index (Phi) is 6.09. The van der Waals surface area contributed by atoms with Gasteiger partial charge in [0.2, 0.25) is 17.6 Å². The highest BCUT2D eigenvalue weighted by atomic mass is 35.5. The first-order chi connectivity index (χ1) is 13.3. The third-order valence-electron chi connectivity index (χ3n) is 4.40. The molecule has 1 atom stereocenters. The van der Waals surface area contributed by atoms with Crippen molar-refractivity contribution in [1.29, 1.82) is 0 Å². The molecule has 0 fully saturated rings. The molecule has 2 aromatic carbocycles. The molecule has 1 heterocycles. The zero-order valence-electron chi connectivity index (χ0n) is 15.9. The number of amides is 1. The summed E-state index contributed by atoms with van der Waals surface area (Å²) in [6.07, 6.45) is 0.137. The van der Waals surface area contributed by atoms with Crippen molar-refractivity contribution in [3.63, 3.8) is 0 Å². The van der Waals surface area contributed by atoms with Crippen LogP contribution in [0.4, 0.5) is 4.39 Å². The van der Waals surface area contributed by atoms with Crippen molar-refractivity contribution in [3.8, 4) is 11.4 Å². The number of rotatable bonds is 6. The van der Waals surface area contributed by atoms with E-state index < -0.39 is 6.04 Å². The zero-order chi connectivity index (χ0) is 20.3. The van der Waals surface area contributed by atoms with Crippen molar-refractivity contribution in [1.82, 2.24) is 15.5 Å². The Morgan fingerprint density at radius 2 is 1.93 bits per heavy atom. The van der Waals surface area contributed by atoms with Gasteiger partial charge in [-0.15, -0.1) is 0 Å². The predicted octanol–water partition coefficient (Wildman–Crippen LogP) is 4.89. The maximum atomic E-state index is 13.0. The number of carbonyl (C=O) groups excluding carboxylic acids is 1. The van der Waals surface area contributed by atoms with Crippen LogP contribution in [0.25, 0.3) is 11.4 Å². The van der Waals surface area contributed by atoms with E-state index in [9.17, 15) is 9.18 Å². The molecule has 1 amide bonds. The van der Waals surface area contributed by atoms with Crippen LogP contribution in [0.5, 0.6) is 0 Å². The molecule has 0 aliphatic carbocycles. The van der Waals surface area contributed by atoms with Crippen LogP contribution in [0.2, 0.25) is 5.02 Å². The molecule has 7 heteroatoms. The van der Waals surface area contributed by atoms with Gasteiger partial charge in [0, 0.05) is 10.6 Å². The molecule has 28 heavy (non-hydrogen) atoms. The first-order valence-electron chi connectivity index (χ1n) is 8.97. The second-order valence-corrected chi connectivity index (χ2v) is 7.42. The molecule has 5 nitrogen and oxygen atoms in total. The number of nitrogens with zero attached hydrogens (tertiary/aromatic N) is 2. The Morgan fingerprint density at radius 1 is 1.21 bits per heavy atom. The number of hydrogen-bond acceptors (Lipinski definition) is 4. The van der Waals surface area contributed by atoms with Crippen LogP contribution >= 0.6 is 11.6 Å². The minimum absolute atomic E-state index is 0.0343. The third kappa shape index (κ3) is 4.75. The summed E-state index contributed by atoms with van der Waals surface area (Å²) in [6, 6.07) is 10.9. The van der Waals surface area contributed by atoms with Crippen molar-refractivity contribution >= 4 is 17.5 Å². The van der Waals surface area contributed by atoms with E-state index in [0.29, 0.717) is 16.7 Å². The van der Waals surface area contributed by atoms with Gasteiger partial charge in [-0.05, 0) is 42.2 Å². The van der Waals surface area contributed by atoms with Gasteiger partial charge < -0.3 is 9.84 Å². The van der Waals surface area contributed by atoms with Crippen molar-refractivity contribution in [2.24, 2.45) is 5.92 Å². The summed E-state index contributed by atoms with van der Waals surface area (Å²) in [5, 5.41) is 7.57.